The molecule has 0 saturated heterocycles. The highest BCUT2D eigenvalue weighted by Crippen LogP contribution is 2.35. The fourth-order valence-electron chi connectivity index (χ4n) is 3.32. The number of fused-ring (bicyclic) bond motifs is 3. The van der Waals surface area contributed by atoms with Gasteiger partial charge in [0.25, 0.3) is 0 Å². The molecule has 0 amide bonds. The third-order valence-corrected chi connectivity index (χ3v) is 4.28. The summed E-state index contributed by atoms with van der Waals surface area (Å²) in [5.41, 5.74) is 5.42. The van der Waals surface area contributed by atoms with E-state index in [9.17, 15) is 4.39 Å². The molecule has 2 nitrogen and oxygen atoms in total. The van der Waals surface area contributed by atoms with Gasteiger partial charge in [-0.2, -0.15) is 0 Å². The van der Waals surface area contributed by atoms with Crippen LogP contribution in [0.4, 0.5) is 4.39 Å². The van der Waals surface area contributed by atoms with E-state index >= 15 is 0 Å². The number of hydrogen-bond donors (Lipinski definition) is 2. The molecule has 0 spiro atoms. The summed E-state index contributed by atoms with van der Waals surface area (Å²) < 4.78 is 14.2. The molecule has 1 aliphatic heterocycles. The minimum atomic E-state index is -0.160. The van der Waals surface area contributed by atoms with Crippen molar-refractivity contribution in [3.8, 4) is 11.1 Å². The molecule has 3 aromatic rings. The largest absolute Gasteiger partial charge is 0.358 e. The summed E-state index contributed by atoms with van der Waals surface area (Å²) in [4.78, 5) is 3.52. The molecule has 0 unspecified atom stereocenters. The lowest BCUT2D eigenvalue weighted by Gasteiger charge is -2.07. The third-order valence-electron chi connectivity index (χ3n) is 4.28. The Morgan fingerprint density at radius 1 is 0.857 bits per heavy atom. The van der Waals surface area contributed by atoms with Gasteiger partial charge < -0.3 is 10.3 Å². The number of H-pyrrole nitrogens is 1. The van der Waals surface area contributed by atoms with Gasteiger partial charge in [-0.1, -0.05) is 30.3 Å². The van der Waals surface area contributed by atoms with Crippen LogP contribution in [0.1, 0.15) is 11.3 Å². The van der Waals surface area contributed by atoms with Gasteiger partial charge in [0.1, 0.15) is 5.82 Å². The molecule has 2 heterocycles. The molecule has 106 valence electrons. The van der Waals surface area contributed by atoms with Gasteiger partial charge in [0.2, 0.25) is 0 Å². The van der Waals surface area contributed by atoms with E-state index in [1.165, 1.54) is 22.7 Å². The van der Waals surface area contributed by atoms with Gasteiger partial charge in [0, 0.05) is 35.1 Å². The second-order valence-corrected chi connectivity index (χ2v) is 5.54. The maximum Gasteiger partial charge on any atom is 0.131 e. The van der Waals surface area contributed by atoms with Crippen LogP contribution in [-0.4, -0.2) is 18.1 Å². The Kier molecular flexibility index (Phi) is 3.00. The Balaban J connectivity index is 2.02. The zero-order valence-corrected chi connectivity index (χ0v) is 11.7. The molecule has 0 aliphatic carbocycles. The highest BCUT2D eigenvalue weighted by Gasteiger charge is 2.18. The van der Waals surface area contributed by atoms with Gasteiger partial charge in [-0.15, -0.1) is 0 Å². The number of aromatic nitrogens is 1. The summed E-state index contributed by atoms with van der Waals surface area (Å²) in [6, 6.07) is 13.1. The summed E-state index contributed by atoms with van der Waals surface area (Å²) in [6.07, 6.45) is 1.99. The maximum atomic E-state index is 14.2. The number of rotatable bonds is 1. The summed E-state index contributed by atoms with van der Waals surface area (Å²) in [7, 11) is 0. The predicted octanol–water partition coefficient (Wildman–Crippen LogP) is 3.66. The van der Waals surface area contributed by atoms with Crippen molar-refractivity contribution in [1.29, 1.82) is 0 Å². The van der Waals surface area contributed by atoms with Crippen molar-refractivity contribution < 1.29 is 4.39 Å². The van der Waals surface area contributed by atoms with Crippen LogP contribution < -0.4 is 5.32 Å². The van der Waals surface area contributed by atoms with Crippen molar-refractivity contribution in [1.82, 2.24) is 10.3 Å². The lowest BCUT2D eigenvalue weighted by Crippen LogP contribution is -2.16. The SMILES string of the molecule is Fc1ccccc1-c1cccc2[nH]c3c(c12)CCNCC3. The van der Waals surface area contributed by atoms with Crippen LogP contribution in [-0.2, 0) is 12.8 Å². The molecule has 3 heteroatoms. The topological polar surface area (TPSA) is 27.8 Å². The van der Waals surface area contributed by atoms with Gasteiger partial charge >= 0.3 is 0 Å². The van der Waals surface area contributed by atoms with E-state index in [2.05, 4.69) is 16.4 Å². The molecule has 1 aromatic heterocycles. The summed E-state index contributed by atoms with van der Waals surface area (Å²) in [5, 5.41) is 4.60. The minimum absolute atomic E-state index is 0.160. The van der Waals surface area contributed by atoms with E-state index in [4.69, 9.17) is 0 Å². The van der Waals surface area contributed by atoms with Gasteiger partial charge in [0.15, 0.2) is 0 Å². The molecular formula is C18H17FN2. The molecule has 2 N–H and O–H groups in total. The lowest BCUT2D eigenvalue weighted by atomic mass is 9.96. The van der Waals surface area contributed by atoms with Gasteiger partial charge in [-0.05, 0) is 36.2 Å². The first kappa shape index (κ1) is 12.6. The first-order chi connectivity index (χ1) is 10.3. The molecule has 0 saturated carbocycles. The zero-order valence-electron chi connectivity index (χ0n) is 11.7. The van der Waals surface area contributed by atoms with Crippen LogP contribution in [0, 0.1) is 5.82 Å². The molecule has 2 aromatic carbocycles. The summed E-state index contributed by atoms with van der Waals surface area (Å²) >= 11 is 0. The normalized spacial score (nSPS) is 14.9. The average Bonchev–Trinajstić information content (AvgIpc) is 2.70. The molecule has 4 rings (SSSR count). The molecule has 21 heavy (non-hydrogen) atoms. The van der Waals surface area contributed by atoms with Crippen LogP contribution in [0.15, 0.2) is 42.5 Å². The summed E-state index contributed by atoms with van der Waals surface area (Å²) in [5.74, 6) is -0.160. The second-order valence-electron chi connectivity index (χ2n) is 5.54. The Labute approximate surface area is 123 Å². The number of nitrogens with one attached hydrogen (secondary N) is 2. The fraction of sp³-hybridized carbons (Fsp3) is 0.222. The third kappa shape index (κ3) is 2.05. The van der Waals surface area contributed by atoms with Gasteiger partial charge in [-0.25, -0.2) is 4.39 Å². The number of benzene rings is 2. The Bertz CT molecular complexity index is 804. The predicted molar refractivity (Wildman–Crippen MR) is 84.0 cm³/mol. The highest BCUT2D eigenvalue weighted by atomic mass is 19.1. The van der Waals surface area contributed by atoms with Crippen molar-refractivity contribution in [2.24, 2.45) is 0 Å². The van der Waals surface area contributed by atoms with Crippen LogP contribution in [0.2, 0.25) is 0 Å². The highest BCUT2D eigenvalue weighted by molar-refractivity contribution is 5.98. The smallest absolute Gasteiger partial charge is 0.131 e. The van der Waals surface area contributed by atoms with E-state index in [0.717, 1.165) is 37.0 Å². The number of halogens is 1. The van der Waals surface area contributed by atoms with Crippen LogP contribution in [0.3, 0.4) is 0 Å². The maximum absolute atomic E-state index is 14.2. The van der Waals surface area contributed by atoms with E-state index in [1.807, 2.05) is 24.3 Å². The van der Waals surface area contributed by atoms with Crippen LogP contribution in [0.25, 0.3) is 22.0 Å². The van der Waals surface area contributed by atoms with Crippen LogP contribution in [0.5, 0.6) is 0 Å². The molecule has 0 atom stereocenters. The molecule has 1 aliphatic rings. The van der Waals surface area contributed by atoms with Crippen molar-refractivity contribution in [3.63, 3.8) is 0 Å². The lowest BCUT2D eigenvalue weighted by molar-refractivity contribution is 0.631. The second kappa shape index (κ2) is 5.01. The van der Waals surface area contributed by atoms with Crippen molar-refractivity contribution in [2.75, 3.05) is 13.1 Å². The molecule has 0 radical (unpaired) electrons. The molecule has 0 bridgehead atoms. The zero-order chi connectivity index (χ0) is 14.2. The van der Waals surface area contributed by atoms with Crippen molar-refractivity contribution in [3.05, 3.63) is 59.5 Å². The Morgan fingerprint density at radius 3 is 2.57 bits per heavy atom. The van der Waals surface area contributed by atoms with Crippen LogP contribution >= 0.6 is 0 Å². The number of hydrogen-bond acceptors (Lipinski definition) is 1. The number of aromatic amines is 1. The van der Waals surface area contributed by atoms with Crippen molar-refractivity contribution in [2.45, 2.75) is 12.8 Å². The van der Waals surface area contributed by atoms with Crippen molar-refractivity contribution >= 4 is 10.9 Å². The van der Waals surface area contributed by atoms with E-state index in [0.29, 0.717) is 5.56 Å². The standard InChI is InChI=1S/C18H17FN2/c19-15-6-2-1-4-12(15)13-5-3-7-17-18(13)14-8-10-20-11-9-16(14)21-17/h1-7,20-21H,8-11H2. The minimum Gasteiger partial charge on any atom is -0.358 e. The average molecular weight is 280 g/mol. The van der Waals surface area contributed by atoms with Gasteiger partial charge in [0.05, 0.1) is 0 Å². The Hall–Kier alpha value is -2.13. The van der Waals surface area contributed by atoms with E-state index < -0.39 is 0 Å². The monoisotopic (exact) mass is 280 g/mol. The summed E-state index contributed by atoms with van der Waals surface area (Å²) in [6.45, 7) is 1.97. The first-order valence-corrected chi connectivity index (χ1v) is 7.42. The fourth-order valence-corrected chi connectivity index (χ4v) is 3.32. The Morgan fingerprint density at radius 2 is 1.67 bits per heavy atom. The van der Waals surface area contributed by atoms with E-state index in [1.54, 1.807) is 6.07 Å². The van der Waals surface area contributed by atoms with E-state index in [-0.39, 0.29) is 5.82 Å². The van der Waals surface area contributed by atoms with Gasteiger partial charge in [-0.3, -0.25) is 0 Å². The molecular weight excluding hydrogens is 263 g/mol. The molecule has 0 fully saturated rings. The quantitative estimate of drug-likeness (QED) is 0.699. The first-order valence-electron chi connectivity index (χ1n) is 7.42.